The number of carbonyl (C=O) groups excluding carboxylic acids is 2. The third kappa shape index (κ3) is 26.7. The van der Waals surface area contributed by atoms with E-state index in [1.807, 2.05) is 280 Å². The first-order valence-corrected chi connectivity index (χ1v) is 45.5. The van der Waals surface area contributed by atoms with Gasteiger partial charge in [0.05, 0.1) is 33.9 Å². The van der Waals surface area contributed by atoms with Gasteiger partial charge in [-0.25, -0.2) is 0 Å². The van der Waals surface area contributed by atoms with E-state index < -0.39 is 0 Å². The molecular weight excluding hydrogens is 2490 g/mol. The standard InChI is InChI=1S/2C24H16NO.2C23H14NO.2C11H8N.2C5H8O2.4Ir/c2*1-16-9-11-17(12-10-16)18-13-14-25-22(15-18)21-7-4-6-20-19-5-2-3-8-23(19)26-24(20)21;2*1-2-7-16(8-3-1)17-13-14-24-21(15-17)20-11-6-10-19-18-9-4-5-12-22(18)25-23(19)20;2*1-2-6-10(7-3-1)11-8-4-5-9-12-11;2*1-4(6)3-5(2)7;;;;/h2*2-6,8-15H,1H3;2*1-10,12-15H;2*1-6,8-9H;2*3,6H,1-2H3;;;;/q6*-1;;;;;;. The Bertz CT molecular complexity index is 7860. The van der Waals surface area contributed by atoms with Crippen molar-refractivity contribution >= 4 is 99.3 Å². The molecule has 0 bridgehead atoms. The molecule has 0 spiro atoms. The normalized spacial score (nSPS) is 10.7. The molecular formula is C126H92Ir4N6O8-6. The summed E-state index contributed by atoms with van der Waals surface area (Å²) in [5.41, 5.74) is 29.7. The molecule has 2 N–H and O–H groups in total. The number of para-hydroxylation sites is 4. The zero-order valence-corrected chi connectivity index (χ0v) is 88.5. The maximum absolute atomic E-state index is 10.0. The van der Waals surface area contributed by atoms with E-state index in [1.54, 1.807) is 12.4 Å². The molecule has 14 aromatic carbocycles. The van der Waals surface area contributed by atoms with E-state index in [-0.39, 0.29) is 104 Å². The van der Waals surface area contributed by atoms with Crippen molar-refractivity contribution in [3.63, 3.8) is 0 Å². The quantitative estimate of drug-likeness (QED) is 0.0664. The van der Waals surface area contributed by atoms with Crippen molar-refractivity contribution in [2.24, 2.45) is 0 Å². The number of aliphatic hydroxyl groups excluding tert-OH is 2. The summed E-state index contributed by atoms with van der Waals surface area (Å²) in [6, 6.07) is 149. The molecule has 14 nitrogen and oxygen atoms in total. The predicted molar refractivity (Wildman–Crippen MR) is 566 cm³/mol. The first kappa shape index (κ1) is 106. The molecule has 24 aromatic rings. The van der Waals surface area contributed by atoms with Crippen LogP contribution in [0.4, 0.5) is 0 Å². The van der Waals surface area contributed by atoms with Gasteiger partial charge >= 0.3 is 0 Å². The first-order chi connectivity index (χ1) is 68.6. The van der Waals surface area contributed by atoms with Gasteiger partial charge in [-0.1, -0.05) is 285 Å². The summed E-state index contributed by atoms with van der Waals surface area (Å²) in [7, 11) is 0. The van der Waals surface area contributed by atoms with Gasteiger partial charge in [0.15, 0.2) is 11.6 Å². The fourth-order valence-corrected chi connectivity index (χ4v) is 16.0. The number of hydrogen-bond acceptors (Lipinski definition) is 14. The number of allylic oxidation sites excluding steroid dienone is 4. The Hall–Kier alpha value is -15.8. The number of ketones is 2. The molecule has 0 saturated heterocycles. The van der Waals surface area contributed by atoms with E-state index in [0.29, 0.717) is 0 Å². The zero-order chi connectivity index (χ0) is 96.5. The van der Waals surface area contributed by atoms with Crippen molar-refractivity contribution in [1.29, 1.82) is 0 Å². The molecule has 144 heavy (non-hydrogen) atoms. The molecule has 0 fully saturated rings. The number of pyridine rings is 6. The van der Waals surface area contributed by atoms with Crippen molar-refractivity contribution in [2.45, 2.75) is 41.5 Å². The second-order valence-electron chi connectivity index (χ2n) is 32.7. The maximum Gasteiger partial charge on any atom is 0.155 e. The summed E-state index contributed by atoms with van der Waals surface area (Å²) in [6.45, 7) is 9.89. The molecule has 0 aliphatic rings. The van der Waals surface area contributed by atoms with Crippen molar-refractivity contribution < 1.29 is 118 Å². The second kappa shape index (κ2) is 51.6. The van der Waals surface area contributed by atoms with Crippen LogP contribution in [0.5, 0.6) is 0 Å². The van der Waals surface area contributed by atoms with Crippen LogP contribution in [0.25, 0.3) is 200 Å². The van der Waals surface area contributed by atoms with E-state index in [9.17, 15) is 9.59 Å². The van der Waals surface area contributed by atoms with Crippen molar-refractivity contribution in [3.05, 3.63) is 497 Å². The van der Waals surface area contributed by atoms with Gasteiger partial charge in [-0.3, -0.25) is 9.59 Å². The van der Waals surface area contributed by atoms with Gasteiger partial charge < -0.3 is 57.8 Å². The van der Waals surface area contributed by atoms with E-state index in [4.69, 9.17) is 27.9 Å². The van der Waals surface area contributed by atoms with Crippen molar-refractivity contribution in [3.8, 4) is 112 Å². The van der Waals surface area contributed by atoms with Crippen LogP contribution < -0.4 is 0 Å². The van der Waals surface area contributed by atoms with E-state index >= 15 is 0 Å². The summed E-state index contributed by atoms with van der Waals surface area (Å²) >= 11 is 0. The molecule has 0 saturated carbocycles. The Morgan fingerprint density at radius 1 is 0.236 bits per heavy atom. The van der Waals surface area contributed by atoms with Gasteiger partial charge in [-0.2, -0.15) is 0 Å². The fraction of sp³-hybridized carbons (Fsp3) is 0.0476. The van der Waals surface area contributed by atoms with Crippen LogP contribution in [-0.2, 0) is 90.0 Å². The Labute approximate surface area is 889 Å². The van der Waals surface area contributed by atoms with E-state index in [1.165, 1.54) is 73.2 Å². The van der Waals surface area contributed by atoms with Crippen LogP contribution in [0, 0.1) is 50.2 Å². The molecule has 18 heteroatoms. The third-order valence-corrected chi connectivity index (χ3v) is 22.5. The molecule has 0 atom stereocenters. The number of aryl methyl sites for hydroxylation is 2. The van der Waals surface area contributed by atoms with Crippen LogP contribution in [0.2, 0.25) is 0 Å². The molecule has 0 aliphatic heterocycles. The van der Waals surface area contributed by atoms with Crippen molar-refractivity contribution in [1.82, 2.24) is 29.9 Å². The number of aliphatic hydroxyl groups is 2. The molecule has 24 rings (SSSR count). The number of aromatic nitrogens is 6. The number of fused-ring (bicyclic) bond motifs is 12. The molecule has 0 aliphatic carbocycles. The average molecular weight is 2590 g/mol. The number of rotatable bonds is 12. The first-order valence-electron chi connectivity index (χ1n) is 45.5. The Balaban J connectivity index is 0.000000143. The maximum atomic E-state index is 10.0. The monoisotopic (exact) mass is 2590 g/mol. The number of nitrogens with zero attached hydrogens (tertiary/aromatic N) is 6. The van der Waals surface area contributed by atoms with Crippen LogP contribution in [0.15, 0.2) is 467 Å². The summed E-state index contributed by atoms with van der Waals surface area (Å²) in [6.07, 6.45) is 13.3. The topological polar surface area (TPSA) is 204 Å². The Morgan fingerprint density at radius 2 is 0.486 bits per heavy atom. The summed E-state index contributed by atoms with van der Waals surface area (Å²) in [4.78, 5) is 46.8. The molecule has 716 valence electrons. The summed E-state index contributed by atoms with van der Waals surface area (Å²) in [5, 5.41) is 25.6. The van der Waals surface area contributed by atoms with E-state index in [2.05, 4.69) is 214 Å². The predicted octanol–water partition coefficient (Wildman–Crippen LogP) is 32.2. The summed E-state index contributed by atoms with van der Waals surface area (Å²) in [5.74, 6) is -0.125. The largest absolute Gasteiger partial charge is 0.512 e. The molecule has 10 aromatic heterocycles. The molecule has 4 radical (unpaired) electrons. The van der Waals surface area contributed by atoms with Crippen molar-refractivity contribution in [2.75, 3.05) is 0 Å². The SMILES string of the molecule is CC(=O)C=C(C)O.CC(=O)C=C(C)O.Cc1ccc(-c2ccnc(-c3[c-]ccc4c3oc3ccccc34)c2)cc1.Cc1ccc(-c2ccnc(-c3[c-]ccc4c3oc3ccccc34)c2)cc1.[Ir].[Ir].[Ir].[Ir].[c-]1ccc2c(oc3ccccc32)c1-c1cc(-c2ccccc2)ccn1.[c-]1ccc2c(oc3ccccc32)c1-c1cc(-c2ccccc2)ccn1.[c-]1ccccc1-c1ccccn1.[c-]1ccccc1-c1ccccn1. The minimum atomic E-state index is -0.125. The minimum Gasteiger partial charge on any atom is -0.512 e. The third-order valence-electron chi connectivity index (χ3n) is 22.5. The van der Waals surface area contributed by atoms with Gasteiger partial charge in [-0.05, 0) is 181 Å². The van der Waals surface area contributed by atoms with Crippen LogP contribution in [0.3, 0.4) is 0 Å². The molecule has 0 unspecified atom stereocenters. The number of furan rings is 4. The van der Waals surface area contributed by atoms with Crippen LogP contribution in [-0.4, -0.2) is 51.7 Å². The van der Waals surface area contributed by atoms with Crippen LogP contribution in [0.1, 0.15) is 38.8 Å². The van der Waals surface area contributed by atoms with Gasteiger partial charge in [0, 0.05) is 151 Å². The molecule has 10 heterocycles. The second-order valence-corrected chi connectivity index (χ2v) is 32.7. The smallest absolute Gasteiger partial charge is 0.155 e. The number of benzene rings is 14. The average Bonchev–Trinajstić information content (AvgIpc) is 1.63. The van der Waals surface area contributed by atoms with Crippen LogP contribution >= 0.6 is 0 Å². The summed E-state index contributed by atoms with van der Waals surface area (Å²) < 4.78 is 24.5. The zero-order valence-electron chi connectivity index (χ0n) is 78.9. The fourth-order valence-electron chi connectivity index (χ4n) is 16.0. The Kier molecular flexibility index (Phi) is 37.8. The van der Waals surface area contributed by atoms with Gasteiger partial charge in [0.2, 0.25) is 0 Å². The Morgan fingerprint density at radius 3 is 0.729 bits per heavy atom. The minimum absolute atomic E-state index is 0. The number of carbonyl (C=O) groups is 2. The molecule has 0 amide bonds. The van der Waals surface area contributed by atoms with Gasteiger partial charge in [0.1, 0.15) is 22.3 Å². The number of hydrogen-bond donors (Lipinski definition) is 2. The van der Waals surface area contributed by atoms with Gasteiger partial charge in [0.25, 0.3) is 0 Å². The van der Waals surface area contributed by atoms with Gasteiger partial charge in [-0.15, -0.1) is 145 Å². The van der Waals surface area contributed by atoms with E-state index in [0.717, 1.165) is 178 Å².